The van der Waals surface area contributed by atoms with Gasteiger partial charge in [-0.05, 0) is 63.0 Å². The molecule has 2 N–H and O–H groups in total. The van der Waals surface area contributed by atoms with Crippen molar-refractivity contribution in [2.24, 2.45) is 11.7 Å². The van der Waals surface area contributed by atoms with Crippen LogP contribution in [0.4, 0.5) is 10.1 Å². The number of piperidine rings is 1. The number of hydrogen-bond donors (Lipinski definition) is 1. The van der Waals surface area contributed by atoms with Gasteiger partial charge in [-0.25, -0.2) is 4.39 Å². The number of benzene rings is 1. The number of carbonyl (C=O) groups is 1. The van der Waals surface area contributed by atoms with Crippen LogP contribution in [0.2, 0.25) is 0 Å². The van der Waals surface area contributed by atoms with Gasteiger partial charge in [-0.3, -0.25) is 9.69 Å². The minimum Gasteiger partial charge on any atom is -0.330 e. The summed E-state index contributed by atoms with van der Waals surface area (Å²) in [4.78, 5) is 16.4. The zero-order valence-electron chi connectivity index (χ0n) is 12.6. The number of nitrogens with two attached hydrogens (primary N) is 1. The van der Waals surface area contributed by atoms with E-state index in [0.717, 1.165) is 31.6 Å². The molecule has 0 bridgehead atoms. The van der Waals surface area contributed by atoms with Gasteiger partial charge in [0.1, 0.15) is 5.82 Å². The number of hydrogen-bond acceptors (Lipinski definition) is 3. The first-order valence-electron chi connectivity index (χ1n) is 7.62. The van der Waals surface area contributed by atoms with Crippen LogP contribution in [0.25, 0.3) is 0 Å². The molecule has 0 saturated carbocycles. The van der Waals surface area contributed by atoms with Crippen molar-refractivity contribution in [2.45, 2.75) is 19.8 Å². The number of likely N-dealkylation sites (N-methyl/N-ethyl adjacent to an activating group) is 1. The Balaban J connectivity index is 1.98. The van der Waals surface area contributed by atoms with Gasteiger partial charge in [-0.2, -0.15) is 0 Å². The van der Waals surface area contributed by atoms with Gasteiger partial charge in [0.25, 0.3) is 0 Å². The highest BCUT2D eigenvalue weighted by molar-refractivity contribution is 5.94. The first kappa shape index (κ1) is 15.9. The summed E-state index contributed by atoms with van der Waals surface area (Å²) >= 11 is 0. The van der Waals surface area contributed by atoms with E-state index in [1.54, 1.807) is 17.0 Å². The van der Waals surface area contributed by atoms with Crippen LogP contribution in [0.1, 0.15) is 19.8 Å². The summed E-state index contributed by atoms with van der Waals surface area (Å²) in [6.07, 6.45) is 2.24. The Hall–Kier alpha value is -1.46. The van der Waals surface area contributed by atoms with Gasteiger partial charge in [0.05, 0.1) is 6.54 Å². The van der Waals surface area contributed by atoms with Crippen molar-refractivity contribution in [1.29, 1.82) is 0 Å². The lowest BCUT2D eigenvalue weighted by Crippen LogP contribution is -2.45. The maximum atomic E-state index is 13.0. The van der Waals surface area contributed by atoms with Gasteiger partial charge in [0.2, 0.25) is 5.91 Å². The summed E-state index contributed by atoms with van der Waals surface area (Å²) < 4.78 is 13.0. The molecule has 0 radical (unpaired) electrons. The van der Waals surface area contributed by atoms with Gasteiger partial charge in [-0.1, -0.05) is 0 Å². The topological polar surface area (TPSA) is 49.6 Å². The largest absolute Gasteiger partial charge is 0.330 e. The third-order valence-corrected chi connectivity index (χ3v) is 4.05. The SMILES string of the molecule is CCN(C(=O)CN1CCCC(CN)C1)c1ccc(F)cc1. The number of amides is 1. The van der Waals surface area contributed by atoms with E-state index in [4.69, 9.17) is 5.73 Å². The molecule has 1 aromatic rings. The minimum atomic E-state index is -0.288. The highest BCUT2D eigenvalue weighted by Crippen LogP contribution is 2.18. The van der Waals surface area contributed by atoms with Crippen LogP contribution >= 0.6 is 0 Å². The number of anilines is 1. The molecule has 2 rings (SSSR count). The molecule has 5 heteroatoms. The van der Waals surface area contributed by atoms with Crippen molar-refractivity contribution in [1.82, 2.24) is 4.90 Å². The summed E-state index contributed by atoms with van der Waals surface area (Å²) in [6.45, 7) is 5.44. The maximum absolute atomic E-state index is 13.0. The van der Waals surface area contributed by atoms with E-state index in [1.807, 2.05) is 6.92 Å². The zero-order valence-corrected chi connectivity index (χ0v) is 12.6. The second-order valence-electron chi connectivity index (χ2n) is 5.59. The van der Waals surface area contributed by atoms with Crippen LogP contribution < -0.4 is 10.6 Å². The fraction of sp³-hybridized carbons (Fsp3) is 0.562. The third-order valence-electron chi connectivity index (χ3n) is 4.05. The molecule has 1 fully saturated rings. The molecule has 1 heterocycles. The Morgan fingerprint density at radius 1 is 1.43 bits per heavy atom. The maximum Gasteiger partial charge on any atom is 0.241 e. The molecular formula is C16H24FN3O. The highest BCUT2D eigenvalue weighted by Gasteiger charge is 2.23. The minimum absolute atomic E-state index is 0.0572. The number of halogens is 1. The monoisotopic (exact) mass is 293 g/mol. The van der Waals surface area contributed by atoms with Gasteiger partial charge in [0, 0.05) is 18.8 Å². The molecule has 0 spiro atoms. The molecule has 1 aromatic carbocycles. The fourth-order valence-electron chi connectivity index (χ4n) is 2.89. The molecule has 4 nitrogen and oxygen atoms in total. The smallest absolute Gasteiger partial charge is 0.241 e. The Labute approximate surface area is 125 Å². The fourth-order valence-corrected chi connectivity index (χ4v) is 2.89. The van der Waals surface area contributed by atoms with Gasteiger partial charge >= 0.3 is 0 Å². The molecular weight excluding hydrogens is 269 g/mol. The summed E-state index contributed by atoms with van der Waals surface area (Å²) in [6, 6.07) is 6.07. The lowest BCUT2D eigenvalue weighted by atomic mass is 9.98. The second kappa shape index (κ2) is 7.52. The van der Waals surface area contributed by atoms with E-state index in [0.29, 0.717) is 25.6 Å². The molecule has 1 saturated heterocycles. The first-order valence-corrected chi connectivity index (χ1v) is 7.62. The van der Waals surface area contributed by atoms with Crippen molar-refractivity contribution in [3.63, 3.8) is 0 Å². The number of likely N-dealkylation sites (tertiary alicyclic amines) is 1. The average Bonchev–Trinajstić information content (AvgIpc) is 2.50. The van der Waals surface area contributed by atoms with E-state index in [9.17, 15) is 9.18 Å². The van der Waals surface area contributed by atoms with Crippen LogP contribution in [-0.2, 0) is 4.79 Å². The molecule has 0 aliphatic carbocycles. The Bertz CT molecular complexity index is 463. The predicted octanol–water partition coefficient (Wildman–Crippen LogP) is 1.85. The third kappa shape index (κ3) is 4.25. The van der Waals surface area contributed by atoms with Crippen molar-refractivity contribution in [3.05, 3.63) is 30.1 Å². The standard InChI is InChI=1S/C16H24FN3O/c1-2-20(15-7-5-14(17)6-8-15)16(21)12-19-9-3-4-13(10-18)11-19/h5-8,13H,2-4,9-12,18H2,1H3. The average molecular weight is 293 g/mol. The van der Waals surface area contributed by atoms with E-state index in [2.05, 4.69) is 4.90 Å². The van der Waals surface area contributed by atoms with E-state index < -0.39 is 0 Å². The van der Waals surface area contributed by atoms with E-state index in [-0.39, 0.29) is 11.7 Å². The van der Waals surface area contributed by atoms with Crippen molar-refractivity contribution in [2.75, 3.05) is 37.6 Å². The van der Waals surface area contributed by atoms with Crippen molar-refractivity contribution in [3.8, 4) is 0 Å². The molecule has 1 atom stereocenters. The highest BCUT2D eigenvalue weighted by atomic mass is 19.1. The van der Waals surface area contributed by atoms with E-state index >= 15 is 0 Å². The Morgan fingerprint density at radius 2 is 2.14 bits per heavy atom. The van der Waals surface area contributed by atoms with Crippen LogP contribution in [0.5, 0.6) is 0 Å². The zero-order chi connectivity index (χ0) is 15.2. The lowest BCUT2D eigenvalue weighted by molar-refractivity contribution is -0.120. The number of nitrogens with zero attached hydrogens (tertiary/aromatic N) is 2. The van der Waals surface area contributed by atoms with Crippen LogP contribution in [0.15, 0.2) is 24.3 Å². The Kier molecular flexibility index (Phi) is 5.70. The quantitative estimate of drug-likeness (QED) is 0.901. The molecule has 1 amide bonds. The molecule has 21 heavy (non-hydrogen) atoms. The van der Waals surface area contributed by atoms with Gasteiger partial charge < -0.3 is 10.6 Å². The molecule has 116 valence electrons. The summed E-state index contributed by atoms with van der Waals surface area (Å²) in [5.74, 6) is 0.262. The summed E-state index contributed by atoms with van der Waals surface area (Å²) in [5.41, 5.74) is 6.48. The molecule has 1 aliphatic rings. The van der Waals surface area contributed by atoms with Crippen molar-refractivity contribution < 1.29 is 9.18 Å². The lowest BCUT2D eigenvalue weighted by Gasteiger charge is -2.33. The second-order valence-corrected chi connectivity index (χ2v) is 5.59. The number of carbonyl (C=O) groups excluding carboxylic acids is 1. The van der Waals surface area contributed by atoms with Gasteiger partial charge in [0.15, 0.2) is 0 Å². The van der Waals surface area contributed by atoms with Crippen LogP contribution in [0, 0.1) is 11.7 Å². The molecule has 1 aliphatic heterocycles. The number of rotatable bonds is 5. The Morgan fingerprint density at radius 3 is 2.76 bits per heavy atom. The summed E-state index contributed by atoms with van der Waals surface area (Å²) in [7, 11) is 0. The molecule has 0 aromatic heterocycles. The van der Waals surface area contributed by atoms with E-state index in [1.165, 1.54) is 12.1 Å². The first-order chi connectivity index (χ1) is 10.1. The van der Waals surface area contributed by atoms with Crippen molar-refractivity contribution >= 4 is 11.6 Å². The van der Waals surface area contributed by atoms with Crippen LogP contribution in [-0.4, -0.2) is 43.5 Å². The predicted molar refractivity (Wildman–Crippen MR) is 82.6 cm³/mol. The summed E-state index contributed by atoms with van der Waals surface area (Å²) in [5, 5.41) is 0. The molecule has 1 unspecified atom stereocenters. The van der Waals surface area contributed by atoms with Crippen LogP contribution in [0.3, 0.4) is 0 Å². The van der Waals surface area contributed by atoms with Gasteiger partial charge in [-0.15, -0.1) is 0 Å². The normalized spacial score (nSPS) is 19.5.